The molecule has 16 heteroatoms. The maximum atomic E-state index is 12.8. The van der Waals surface area contributed by atoms with Crippen LogP contribution in [0.15, 0.2) is 86.6 Å². The van der Waals surface area contributed by atoms with E-state index in [0.717, 1.165) is 29.2 Å². The molecule has 45 heavy (non-hydrogen) atoms. The quantitative estimate of drug-likeness (QED) is 0.244. The van der Waals surface area contributed by atoms with Crippen molar-refractivity contribution in [3.05, 3.63) is 78.1 Å². The van der Waals surface area contributed by atoms with Crippen molar-refractivity contribution in [2.75, 3.05) is 24.3 Å². The van der Waals surface area contributed by atoms with Crippen LogP contribution < -0.4 is 10.2 Å². The van der Waals surface area contributed by atoms with Crippen molar-refractivity contribution in [1.29, 1.82) is 0 Å². The van der Waals surface area contributed by atoms with Gasteiger partial charge < -0.3 is 10.2 Å². The second kappa shape index (κ2) is 11.3. The fraction of sp³-hybridized carbons (Fsp3) is 0.207. The highest BCUT2D eigenvalue weighted by Crippen LogP contribution is 2.29. The van der Waals surface area contributed by atoms with Gasteiger partial charge in [-0.2, -0.15) is 21.9 Å². The third-order valence-corrected chi connectivity index (χ3v) is 8.34. The lowest BCUT2D eigenvalue weighted by atomic mass is 9.87. The van der Waals surface area contributed by atoms with E-state index in [1.54, 1.807) is 24.3 Å². The van der Waals surface area contributed by atoms with E-state index < -0.39 is 41.5 Å². The summed E-state index contributed by atoms with van der Waals surface area (Å²) in [5.41, 5.74) is 3.20. The van der Waals surface area contributed by atoms with Gasteiger partial charge in [-0.05, 0) is 66.7 Å². The number of hydrogen-bond acceptors (Lipinski definition) is 10. The predicted octanol–water partition coefficient (Wildman–Crippen LogP) is 4.14. The minimum atomic E-state index is -4.88. The smallest absolute Gasteiger partial charge is 0.294 e. The van der Waals surface area contributed by atoms with Crippen molar-refractivity contribution < 1.29 is 30.7 Å². The van der Waals surface area contributed by atoms with Crippen LogP contribution in [0.4, 0.5) is 17.1 Å². The van der Waals surface area contributed by atoms with Crippen molar-refractivity contribution >= 4 is 54.6 Å². The first kappa shape index (κ1) is 31.6. The number of carbonyl (C=O) groups is 1. The normalized spacial score (nSPS) is 14.3. The van der Waals surface area contributed by atoms with Crippen LogP contribution in [0.1, 0.15) is 37.0 Å². The maximum absolute atomic E-state index is 12.8. The molecule has 234 valence electrons. The van der Waals surface area contributed by atoms with Gasteiger partial charge in [-0.25, -0.2) is 9.98 Å². The largest absolute Gasteiger partial charge is 0.378 e. The Morgan fingerprint density at radius 3 is 1.98 bits per heavy atom. The molecule has 5 rings (SSSR count). The van der Waals surface area contributed by atoms with Crippen molar-refractivity contribution in [3.63, 3.8) is 0 Å². The average Bonchev–Trinajstić information content (AvgIpc) is 3.52. The van der Waals surface area contributed by atoms with Gasteiger partial charge in [0.25, 0.3) is 26.1 Å². The highest BCUT2D eigenvalue weighted by Gasteiger charge is 2.35. The van der Waals surface area contributed by atoms with Crippen LogP contribution in [0.5, 0.6) is 0 Å². The number of rotatable bonds is 7. The van der Waals surface area contributed by atoms with E-state index in [2.05, 4.69) is 15.5 Å². The van der Waals surface area contributed by atoms with Crippen LogP contribution in [-0.2, 0) is 20.2 Å². The highest BCUT2D eigenvalue weighted by atomic mass is 32.2. The van der Waals surface area contributed by atoms with Crippen LogP contribution in [0.25, 0.3) is 11.4 Å². The Labute approximate surface area is 259 Å². The lowest BCUT2D eigenvalue weighted by Crippen LogP contribution is -2.27. The fourth-order valence-electron chi connectivity index (χ4n) is 4.36. The van der Waals surface area contributed by atoms with Crippen LogP contribution in [-0.4, -0.2) is 72.2 Å². The second-order valence-electron chi connectivity index (χ2n) is 11.4. The molecular formula is C29H29N7O7S2. The summed E-state index contributed by atoms with van der Waals surface area (Å²) in [4.78, 5) is 24.1. The molecule has 0 fully saturated rings. The van der Waals surface area contributed by atoms with Gasteiger partial charge in [0.2, 0.25) is 5.82 Å². The summed E-state index contributed by atoms with van der Waals surface area (Å²) in [5.74, 6) is -0.0630. The van der Waals surface area contributed by atoms with Gasteiger partial charge in [0.15, 0.2) is 5.82 Å². The number of aromatic nitrogens is 3. The van der Waals surface area contributed by atoms with Gasteiger partial charge in [0, 0.05) is 42.0 Å². The van der Waals surface area contributed by atoms with Gasteiger partial charge >= 0.3 is 0 Å². The molecule has 0 unspecified atom stereocenters. The molecule has 0 atom stereocenters. The predicted molar refractivity (Wildman–Crippen MR) is 169 cm³/mol. The Morgan fingerprint density at radius 2 is 1.47 bits per heavy atom. The average molecular weight is 652 g/mol. The molecule has 3 aromatic carbocycles. The lowest BCUT2D eigenvalue weighted by molar-refractivity contribution is 0.102. The zero-order valence-corrected chi connectivity index (χ0v) is 26.4. The molecule has 1 aromatic heterocycles. The third kappa shape index (κ3) is 6.83. The molecule has 0 bridgehead atoms. The topological polar surface area (TPSA) is 197 Å². The van der Waals surface area contributed by atoms with E-state index >= 15 is 0 Å². The summed E-state index contributed by atoms with van der Waals surface area (Å²) < 4.78 is 65.1. The van der Waals surface area contributed by atoms with Crippen molar-refractivity contribution in [1.82, 2.24) is 14.9 Å². The monoisotopic (exact) mass is 651 g/mol. The summed E-state index contributed by atoms with van der Waals surface area (Å²) in [6, 6.07) is 16.2. The number of fused-ring (bicyclic) bond motifs is 1. The minimum Gasteiger partial charge on any atom is -0.378 e. The molecule has 0 saturated heterocycles. The molecule has 4 aromatic rings. The first-order valence-electron chi connectivity index (χ1n) is 13.4. The first-order valence-corrected chi connectivity index (χ1v) is 16.2. The van der Waals surface area contributed by atoms with Crippen LogP contribution in [0.3, 0.4) is 0 Å². The first-order chi connectivity index (χ1) is 20.9. The summed E-state index contributed by atoms with van der Waals surface area (Å²) in [5, 5.41) is 11.7. The fourth-order valence-corrected chi connectivity index (χ4v) is 5.54. The van der Waals surface area contributed by atoms with Crippen LogP contribution >= 0.6 is 0 Å². The molecule has 0 saturated carbocycles. The van der Waals surface area contributed by atoms with E-state index in [4.69, 9.17) is 9.98 Å². The molecule has 0 radical (unpaired) electrons. The van der Waals surface area contributed by atoms with Crippen molar-refractivity contribution in [3.8, 4) is 11.4 Å². The maximum Gasteiger partial charge on any atom is 0.294 e. The Hall–Kier alpha value is -4.77. The van der Waals surface area contributed by atoms with Gasteiger partial charge in [0.05, 0.1) is 21.2 Å². The molecule has 1 amide bonds. The van der Waals surface area contributed by atoms with E-state index in [-0.39, 0.29) is 11.1 Å². The number of hydrogen-bond donors (Lipinski definition) is 3. The molecule has 1 aliphatic rings. The van der Waals surface area contributed by atoms with E-state index in [1.165, 1.54) is 4.79 Å². The van der Waals surface area contributed by atoms with Crippen molar-refractivity contribution in [2.45, 2.75) is 30.6 Å². The van der Waals surface area contributed by atoms with E-state index in [0.29, 0.717) is 29.0 Å². The van der Waals surface area contributed by atoms with Crippen molar-refractivity contribution in [2.24, 2.45) is 15.5 Å². The van der Waals surface area contributed by atoms with Gasteiger partial charge in [0.1, 0.15) is 5.71 Å². The number of nitrogens with one attached hydrogen (secondary N) is 1. The molecule has 1 aliphatic heterocycles. The number of aliphatic imine (C=N–C) groups is 1. The molecule has 3 N–H and O–H groups in total. The number of anilines is 2. The molecule has 0 aliphatic carbocycles. The SMILES string of the molecule is CN(C)c1ccc(N=C2C(C(C)(C)C)=Nn3nc(-c4ccc(NC(=O)c5cc(S(=O)(=O)O)cc(S(=O)(=O)O)c5)cc4)nc32)cc1. The Balaban J connectivity index is 1.42. The number of benzene rings is 3. The summed E-state index contributed by atoms with van der Waals surface area (Å²) in [6.45, 7) is 6.08. The number of carbonyl (C=O) groups excluding carboxylic acids is 1. The third-order valence-electron chi connectivity index (χ3n) is 6.68. The van der Waals surface area contributed by atoms with E-state index in [1.807, 2.05) is 64.0 Å². The summed E-state index contributed by atoms with van der Waals surface area (Å²) in [7, 11) is -5.84. The number of nitrogens with zero attached hydrogens (tertiary/aromatic N) is 6. The lowest BCUT2D eigenvalue weighted by Gasteiger charge is -2.18. The molecule has 0 spiro atoms. The van der Waals surface area contributed by atoms with Gasteiger partial charge in [-0.15, -0.1) is 9.89 Å². The zero-order chi connectivity index (χ0) is 32.9. The second-order valence-corrected chi connectivity index (χ2v) is 14.2. The standard InChI is InChI=1S/C29H29N7O7S2/c1-29(2,3)25-24(30-19-10-12-21(13-11-19)35(4)5)27-32-26(34-36(27)33-25)17-6-8-20(9-7-17)31-28(37)18-14-22(44(38,39)40)16-23(15-18)45(41,42)43/h6-16H,1-5H3,(H,31,37)(H,38,39,40)(H,41,42,43). The van der Waals surface area contributed by atoms with Gasteiger partial charge in [-0.1, -0.05) is 20.8 Å². The summed E-state index contributed by atoms with van der Waals surface area (Å²) >= 11 is 0. The molecule has 2 heterocycles. The Morgan fingerprint density at radius 1 is 0.889 bits per heavy atom. The number of amides is 1. The zero-order valence-electron chi connectivity index (χ0n) is 24.8. The van der Waals surface area contributed by atoms with E-state index in [9.17, 15) is 30.7 Å². The van der Waals surface area contributed by atoms with Gasteiger partial charge in [-0.3, -0.25) is 13.9 Å². The Bertz CT molecular complexity index is 2040. The summed E-state index contributed by atoms with van der Waals surface area (Å²) in [6.07, 6.45) is 0. The minimum absolute atomic E-state index is 0.276. The highest BCUT2D eigenvalue weighted by molar-refractivity contribution is 7.86. The molecular weight excluding hydrogens is 622 g/mol. The van der Waals surface area contributed by atoms with Crippen LogP contribution in [0.2, 0.25) is 0 Å². The molecule has 14 nitrogen and oxygen atoms in total. The van der Waals surface area contributed by atoms with Crippen LogP contribution in [0, 0.1) is 5.41 Å². The Kier molecular flexibility index (Phi) is 7.95.